The standard InChI is InChI=1S/C5H12O3SSi.Li/c1-5(9)8-10(4,6-2)7-3;/h1-4H3;. The van der Waals surface area contributed by atoms with Crippen LogP contribution >= 0.6 is 12.2 Å². The second-order valence-corrected chi connectivity index (χ2v) is 5.18. The van der Waals surface area contributed by atoms with Gasteiger partial charge in [0, 0.05) is 46.6 Å². The Labute approximate surface area is 85.9 Å². The normalized spacial score (nSPS) is 10.2. The monoisotopic (exact) mass is 187 g/mol. The molecule has 61 valence electrons. The summed E-state index contributed by atoms with van der Waals surface area (Å²) < 4.78 is 15.2. The van der Waals surface area contributed by atoms with Crippen molar-refractivity contribution in [1.29, 1.82) is 0 Å². The van der Waals surface area contributed by atoms with E-state index in [-0.39, 0.29) is 18.9 Å². The van der Waals surface area contributed by atoms with Crippen molar-refractivity contribution in [2.45, 2.75) is 13.5 Å². The minimum Gasteiger partial charge on any atom is -0.495 e. The first-order valence-electron chi connectivity index (χ1n) is 2.84. The van der Waals surface area contributed by atoms with Crippen LogP contribution in [-0.4, -0.2) is 46.9 Å². The maximum absolute atomic E-state index is 5.16. The summed E-state index contributed by atoms with van der Waals surface area (Å²) in [6.07, 6.45) is 0. The fraction of sp³-hybridized carbons (Fsp3) is 0.800. The van der Waals surface area contributed by atoms with Gasteiger partial charge in [-0.2, -0.15) is 0 Å². The van der Waals surface area contributed by atoms with E-state index in [9.17, 15) is 0 Å². The molecule has 0 spiro atoms. The zero-order valence-corrected chi connectivity index (χ0v) is 9.45. The predicted molar refractivity (Wildman–Crippen MR) is 50.7 cm³/mol. The third-order valence-electron chi connectivity index (χ3n) is 1.07. The molecule has 6 heteroatoms. The first-order valence-corrected chi connectivity index (χ1v) is 5.47. The topological polar surface area (TPSA) is 27.7 Å². The summed E-state index contributed by atoms with van der Waals surface area (Å²) in [4.78, 5) is 0. The van der Waals surface area contributed by atoms with E-state index in [0.29, 0.717) is 5.05 Å². The number of thiocarbonyl (C=S) groups is 1. The zero-order chi connectivity index (χ0) is 8.20. The molecule has 0 bridgehead atoms. The Kier molecular flexibility index (Phi) is 7.95. The van der Waals surface area contributed by atoms with Crippen LogP contribution in [0.3, 0.4) is 0 Å². The Bertz CT molecular complexity index is 129. The molecule has 0 unspecified atom stereocenters. The van der Waals surface area contributed by atoms with Gasteiger partial charge < -0.3 is 13.3 Å². The average Bonchev–Trinajstić information content (AvgIpc) is 1.87. The zero-order valence-electron chi connectivity index (χ0n) is 7.63. The molecule has 0 aliphatic rings. The van der Waals surface area contributed by atoms with Gasteiger partial charge in [0.2, 0.25) is 0 Å². The molecule has 0 rings (SSSR count). The Morgan fingerprint density at radius 2 is 1.64 bits per heavy atom. The summed E-state index contributed by atoms with van der Waals surface area (Å²) in [6.45, 7) is 3.47. The van der Waals surface area contributed by atoms with Crippen LogP contribution in [-0.2, 0) is 13.3 Å². The van der Waals surface area contributed by atoms with Gasteiger partial charge in [0.25, 0.3) is 0 Å². The largest absolute Gasteiger partial charge is 0.562 e. The third-order valence-corrected chi connectivity index (χ3v) is 3.46. The summed E-state index contributed by atoms with van der Waals surface area (Å²) in [5.41, 5.74) is 0. The second kappa shape index (κ2) is 6.17. The Morgan fingerprint density at radius 1 is 1.27 bits per heavy atom. The first kappa shape index (κ1) is 14.2. The van der Waals surface area contributed by atoms with E-state index >= 15 is 0 Å². The van der Waals surface area contributed by atoms with E-state index in [1.54, 1.807) is 27.7 Å². The fourth-order valence-electron chi connectivity index (χ4n) is 0.428. The van der Waals surface area contributed by atoms with Gasteiger partial charge in [-0.3, -0.25) is 0 Å². The summed E-state index contributed by atoms with van der Waals surface area (Å²) in [7, 11) is 0.698. The van der Waals surface area contributed by atoms with Crippen LogP contribution in [0.1, 0.15) is 6.92 Å². The molecule has 0 aromatic rings. The van der Waals surface area contributed by atoms with E-state index in [0.717, 1.165) is 0 Å². The molecule has 0 N–H and O–H groups in total. The van der Waals surface area contributed by atoms with Crippen molar-refractivity contribution in [2.24, 2.45) is 0 Å². The van der Waals surface area contributed by atoms with Crippen LogP contribution in [0.15, 0.2) is 0 Å². The third kappa shape index (κ3) is 5.85. The van der Waals surface area contributed by atoms with Crippen molar-refractivity contribution in [3.63, 3.8) is 0 Å². The van der Waals surface area contributed by atoms with Gasteiger partial charge in [-0.15, -0.1) is 0 Å². The molecular formula is C5H12LiO3SSi. The molecule has 11 heavy (non-hydrogen) atoms. The molecule has 0 saturated heterocycles. The second-order valence-electron chi connectivity index (χ2n) is 1.86. The Balaban J connectivity index is 0. The van der Waals surface area contributed by atoms with E-state index in [1.165, 1.54) is 0 Å². The van der Waals surface area contributed by atoms with Crippen LogP contribution in [0.4, 0.5) is 0 Å². The summed E-state index contributed by atoms with van der Waals surface area (Å²) >= 11 is 4.73. The molecule has 1 radical (unpaired) electrons. The van der Waals surface area contributed by atoms with Crippen LogP contribution < -0.4 is 0 Å². The molecule has 0 aliphatic carbocycles. The van der Waals surface area contributed by atoms with E-state index in [2.05, 4.69) is 0 Å². The maximum atomic E-state index is 5.16. The summed E-state index contributed by atoms with van der Waals surface area (Å²) in [5, 5.41) is 0.456. The van der Waals surface area contributed by atoms with E-state index < -0.39 is 8.80 Å². The number of rotatable bonds is 3. The molecule has 0 aromatic carbocycles. The minimum atomic E-state index is -2.40. The fourth-order valence-corrected chi connectivity index (χ4v) is 1.74. The average molecular weight is 187 g/mol. The van der Waals surface area contributed by atoms with Crippen LogP contribution in [0.5, 0.6) is 0 Å². The molecule has 0 atom stereocenters. The minimum absolute atomic E-state index is 0. The number of hydrogen-bond acceptors (Lipinski definition) is 4. The van der Waals surface area contributed by atoms with E-state index in [1.807, 2.05) is 0 Å². The molecule has 0 saturated carbocycles. The van der Waals surface area contributed by atoms with Crippen molar-refractivity contribution in [1.82, 2.24) is 0 Å². The number of hydrogen-bond donors (Lipinski definition) is 0. The van der Waals surface area contributed by atoms with Crippen molar-refractivity contribution < 1.29 is 13.3 Å². The van der Waals surface area contributed by atoms with Gasteiger partial charge in [-0.25, -0.2) is 0 Å². The van der Waals surface area contributed by atoms with Gasteiger partial charge in [-0.1, -0.05) is 0 Å². The molecule has 0 aromatic heterocycles. The SMILES string of the molecule is CO[Si](C)(OC)OC(C)=S.[Li]. The molecular weight excluding hydrogens is 175 g/mol. The van der Waals surface area contributed by atoms with Crippen LogP contribution in [0.2, 0.25) is 6.55 Å². The molecule has 0 amide bonds. The summed E-state index contributed by atoms with van der Waals surface area (Å²) in [5.74, 6) is 0. The van der Waals surface area contributed by atoms with Gasteiger partial charge in [0.1, 0.15) is 5.05 Å². The predicted octanol–water partition coefficient (Wildman–Crippen LogP) is 0.831. The van der Waals surface area contributed by atoms with Crippen molar-refractivity contribution >= 4 is 44.9 Å². The van der Waals surface area contributed by atoms with Gasteiger partial charge >= 0.3 is 8.80 Å². The molecule has 0 heterocycles. The Hall–Kier alpha value is 0.624. The quantitative estimate of drug-likeness (QED) is 0.483. The van der Waals surface area contributed by atoms with Crippen molar-refractivity contribution in [2.75, 3.05) is 14.2 Å². The van der Waals surface area contributed by atoms with Gasteiger partial charge in [-0.05, 0) is 12.2 Å². The van der Waals surface area contributed by atoms with Crippen molar-refractivity contribution in [3.05, 3.63) is 0 Å². The Morgan fingerprint density at radius 3 is 1.73 bits per heavy atom. The van der Waals surface area contributed by atoms with Crippen LogP contribution in [0.25, 0.3) is 0 Å². The first-order chi connectivity index (χ1) is 4.54. The molecule has 0 aliphatic heterocycles. The summed E-state index contributed by atoms with van der Waals surface area (Å²) in [6, 6.07) is 0. The van der Waals surface area contributed by atoms with Crippen molar-refractivity contribution in [3.8, 4) is 0 Å². The van der Waals surface area contributed by atoms with Gasteiger partial charge in [0.05, 0.1) is 0 Å². The van der Waals surface area contributed by atoms with E-state index in [4.69, 9.17) is 25.5 Å². The van der Waals surface area contributed by atoms with Crippen LogP contribution in [0, 0.1) is 0 Å². The molecule has 0 fully saturated rings. The smallest absolute Gasteiger partial charge is 0.495 e. The van der Waals surface area contributed by atoms with Gasteiger partial charge in [0.15, 0.2) is 0 Å². The molecule has 3 nitrogen and oxygen atoms in total. The maximum Gasteiger partial charge on any atom is 0.562 e.